The van der Waals surface area contributed by atoms with Gasteiger partial charge in [-0.05, 0) is 30.7 Å². The molecule has 0 atom stereocenters. The van der Waals surface area contributed by atoms with Crippen molar-refractivity contribution in [3.8, 4) is 0 Å². The maximum Gasteiger partial charge on any atom is 0.459 e. The summed E-state index contributed by atoms with van der Waals surface area (Å²) in [5.74, 6) is -6.26. The van der Waals surface area contributed by atoms with Gasteiger partial charge in [0.25, 0.3) is 5.91 Å². The average Bonchev–Trinajstić information content (AvgIpc) is 3.32. The minimum Gasteiger partial charge on any atom is -0.302 e. The third-order valence-electron chi connectivity index (χ3n) is 4.74. The molecule has 7 nitrogen and oxygen atoms in total. The number of aromatic nitrogens is 5. The Balaban J connectivity index is 1.61. The van der Waals surface area contributed by atoms with Crippen molar-refractivity contribution in [1.29, 1.82) is 0 Å². The molecule has 0 fully saturated rings. The maximum absolute atomic E-state index is 14.1. The highest BCUT2D eigenvalue weighted by atomic mass is 35.5. The summed E-state index contributed by atoms with van der Waals surface area (Å²) in [5.41, 5.74) is -1.71. The summed E-state index contributed by atoms with van der Waals surface area (Å²) in [4.78, 5) is 16.5. The topological polar surface area (TPSA) is 77.1 Å². The van der Waals surface area contributed by atoms with Gasteiger partial charge in [0, 0.05) is 18.0 Å². The van der Waals surface area contributed by atoms with Crippen LogP contribution in [-0.4, -0.2) is 36.5 Å². The molecule has 0 aliphatic carbocycles. The van der Waals surface area contributed by atoms with E-state index >= 15 is 0 Å². The fourth-order valence-electron chi connectivity index (χ4n) is 3.14. The van der Waals surface area contributed by atoms with Crippen LogP contribution in [0.3, 0.4) is 0 Å². The van der Waals surface area contributed by atoms with Gasteiger partial charge in [-0.2, -0.15) is 32.1 Å². The van der Waals surface area contributed by atoms with Gasteiger partial charge in [-0.25, -0.2) is 9.50 Å². The monoisotopic (exact) mass is 552 g/mol. The summed E-state index contributed by atoms with van der Waals surface area (Å²) in [6, 6.07) is 6.46. The van der Waals surface area contributed by atoms with Gasteiger partial charge in [0.05, 0.1) is 16.6 Å². The molecule has 4 aromatic rings. The third-order valence-corrected chi connectivity index (χ3v) is 5.76. The molecule has 15 heteroatoms. The smallest absolute Gasteiger partial charge is 0.302 e. The van der Waals surface area contributed by atoms with Crippen molar-refractivity contribution < 1.29 is 26.7 Å². The summed E-state index contributed by atoms with van der Waals surface area (Å²) in [7, 11) is 0. The van der Waals surface area contributed by atoms with Gasteiger partial charge in [0.2, 0.25) is 0 Å². The van der Waals surface area contributed by atoms with E-state index in [2.05, 4.69) is 20.5 Å². The van der Waals surface area contributed by atoms with Gasteiger partial charge >= 0.3 is 12.1 Å². The number of nitrogens with one attached hydrogen (secondary N) is 1. The highest BCUT2D eigenvalue weighted by Gasteiger charge is 2.60. The van der Waals surface area contributed by atoms with E-state index in [0.717, 1.165) is 11.6 Å². The summed E-state index contributed by atoms with van der Waals surface area (Å²) in [5, 5.41) is 10.8. The number of alkyl halides is 5. The summed E-state index contributed by atoms with van der Waals surface area (Å²) < 4.78 is 68.6. The van der Waals surface area contributed by atoms with Crippen molar-refractivity contribution in [1.82, 2.24) is 24.4 Å². The number of carbonyl (C=O) groups is 1. The molecule has 184 valence electrons. The molecule has 1 aromatic carbocycles. The number of aryl methyl sites for hydroxylation is 1. The van der Waals surface area contributed by atoms with E-state index in [1.807, 2.05) is 0 Å². The lowest BCUT2D eigenvalue weighted by Gasteiger charge is -2.20. The second-order valence-corrected chi connectivity index (χ2v) is 8.60. The molecule has 3 heterocycles. The van der Waals surface area contributed by atoms with Crippen LogP contribution in [0.15, 0.2) is 36.5 Å². The molecule has 4 rings (SSSR count). The lowest BCUT2D eigenvalue weighted by atomic mass is 10.2. The highest BCUT2D eigenvalue weighted by molar-refractivity contribution is 6.42. The van der Waals surface area contributed by atoms with Gasteiger partial charge in [-0.1, -0.05) is 40.9 Å². The Labute approximate surface area is 208 Å². The van der Waals surface area contributed by atoms with Gasteiger partial charge in [-0.15, -0.1) is 0 Å². The number of anilines is 1. The molecule has 0 unspecified atom stereocenters. The van der Waals surface area contributed by atoms with E-state index in [4.69, 9.17) is 34.8 Å². The lowest BCUT2D eigenvalue weighted by Crippen LogP contribution is -2.36. The van der Waals surface area contributed by atoms with E-state index in [1.54, 1.807) is 18.2 Å². The molecular weight excluding hydrogens is 542 g/mol. The largest absolute Gasteiger partial charge is 0.459 e. The normalized spacial score (nSPS) is 12.4. The van der Waals surface area contributed by atoms with Crippen LogP contribution in [0.2, 0.25) is 15.1 Å². The number of fused-ring (bicyclic) bond motifs is 1. The van der Waals surface area contributed by atoms with E-state index < -0.39 is 29.4 Å². The van der Waals surface area contributed by atoms with Crippen LogP contribution in [0, 0.1) is 6.92 Å². The molecule has 1 amide bonds. The molecule has 1 N–H and O–H groups in total. The highest BCUT2D eigenvalue weighted by Crippen LogP contribution is 2.43. The van der Waals surface area contributed by atoms with E-state index in [0.29, 0.717) is 16.1 Å². The van der Waals surface area contributed by atoms with Crippen LogP contribution in [0.5, 0.6) is 0 Å². The van der Waals surface area contributed by atoms with Crippen molar-refractivity contribution in [2.75, 3.05) is 5.32 Å². The van der Waals surface area contributed by atoms with Gasteiger partial charge in [0.15, 0.2) is 17.2 Å². The molecule has 3 aromatic heterocycles. The Kier molecular flexibility index (Phi) is 6.41. The van der Waals surface area contributed by atoms with Crippen molar-refractivity contribution in [3.63, 3.8) is 0 Å². The third kappa shape index (κ3) is 4.91. The van der Waals surface area contributed by atoms with Crippen LogP contribution in [-0.2, 0) is 12.5 Å². The van der Waals surface area contributed by atoms with Crippen molar-refractivity contribution in [2.45, 2.75) is 25.6 Å². The Morgan fingerprint density at radius 1 is 1.00 bits per heavy atom. The first-order valence-electron chi connectivity index (χ1n) is 9.57. The molecule has 0 saturated carbocycles. The van der Waals surface area contributed by atoms with Crippen molar-refractivity contribution in [2.24, 2.45) is 0 Å². The number of carbonyl (C=O) groups excluding carboxylic acids is 1. The molecular formula is C20H12Cl3F5N6O. The minimum absolute atomic E-state index is 0.0421. The zero-order valence-electron chi connectivity index (χ0n) is 17.3. The fourth-order valence-corrected chi connectivity index (χ4v) is 3.66. The summed E-state index contributed by atoms with van der Waals surface area (Å²) in [6.45, 7) is 1.46. The van der Waals surface area contributed by atoms with Crippen molar-refractivity contribution >= 4 is 52.2 Å². The number of hydrogen-bond donors (Lipinski definition) is 1. The number of halogens is 8. The van der Waals surface area contributed by atoms with Crippen molar-refractivity contribution in [3.05, 3.63) is 74.2 Å². The van der Waals surface area contributed by atoms with Gasteiger partial charge in [-0.3, -0.25) is 9.48 Å². The Morgan fingerprint density at radius 3 is 2.37 bits per heavy atom. The van der Waals surface area contributed by atoms with Gasteiger partial charge < -0.3 is 5.32 Å². The summed E-state index contributed by atoms with van der Waals surface area (Å²) in [6.07, 6.45) is -4.47. The Hall–Kier alpha value is -2.96. The second kappa shape index (κ2) is 8.92. The number of hydrogen-bond acceptors (Lipinski definition) is 4. The van der Waals surface area contributed by atoms with Crippen LogP contribution >= 0.6 is 34.8 Å². The van der Waals surface area contributed by atoms with Crippen LogP contribution in [0.25, 0.3) is 5.65 Å². The van der Waals surface area contributed by atoms with Gasteiger partial charge in [0.1, 0.15) is 10.7 Å². The number of benzene rings is 1. The molecule has 0 aliphatic rings. The number of rotatable bonds is 5. The molecule has 0 spiro atoms. The predicted molar refractivity (Wildman–Crippen MR) is 118 cm³/mol. The van der Waals surface area contributed by atoms with Crippen LogP contribution in [0.1, 0.15) is 27.4 Å². The molecule has 0 saturated heterocycles. The predicted octanol–water partition coefficient (Wildman–Crippen LogP) is 6.15. The second-order valence-electron chi connectivity index (χ2n) is 7.38. The first kappa shape index (κ1) is 25.1. The molecule has 0 bridgehead atoms. The standard InChI is InChI=1S/C20H12Cl3F5N6O/c1-9-4-15(19(24,25)20(26,27)28)34-16(29-9)6-14(31-34)18(35)30-17-13(23)8-33(32-17)7-10-2-3-11(21)12(22)5-10/h2-6,8H,7H2,1H3,(H,30,32,35). The Morgan fingerprint density at radius 2 is 1.71 bits per heavy atom. The minimum atomic E-state index is -5.88. The lowest BCUT2D eigenvalue weighted by molar-refractivity contribution is -0.291. The first-order valence-corrected chi connectivity index (χ1v) is 10.7. The quantitative estimate of drug-likeness (QED) is 0.301. The Bertz CT molecular complexity index is 1450. The zero-order valence-corrected chi connectivity index (χ0v) is 19.6. The SMILES string of the molecule is Cc1cc(C(F)(F)C(F)(F)F)n2nc(C(=O)Nc3nn(Cc4ccc(Cl)c(Cl)c4)cc3Cl)cc2n1. The summed E-state index contributed by atoms with van der Waals surface area (Å²) >= 11 is 18.0. The van der Waals surface area contributed by atoms with E-state index in [-0.39, 0.29) is 33.2 Å². The fraction of sp³-hybridized carbons (Fsp3) is 0.200. The van der Waals surface area contributed by atoms with E-state index in [1.165, 1.54) is 17.8 Å². The van der Waals surface area contributed by atoms with Crippen LogP contribution in [0.4, 0.5) is 27.8 Å². The number of amides is 1. The zero-order chi connectivity index (χ0) is 25.7. The maximum atomic E-state index is 14.1. The van der Waals surface area contributed by atoms with E-state index in [9.17, 15) is 26.7 Å². The average molecular weight is 554 g/mol. The molecule has 0 aliphatic heterocycles. The first-order chi connectivity index (χ1) is 16.3. The molecule has 0 radical (unpaired) electrons. The number of nitrogens with zero attached hydrogens (tertiary/aromatic N) is 5. The van der Waals surface area contributed by atoms with Crippen LogP contribution < -0.4 is 5.32 Å². The molecule has 35 heavy (non-hydrogen) atoms.